The number of ether oxygens (including phenoxy) is 1. The predicted molar refractivity (Wildman–Crippen MR) is 48.3 cm³/mol. The highest BCUT2D eigenvalue weighted by molar-refractivity contribution is 6.08. The lowest BCUT2D eigenvalue weighted by atomic mass is 10.2. The van der Waals surface area contributed by atoms with Gasteiger partial charge in [0.2, 0.25) is 0 Å². The summed E-state index contributed by atoms with van der Waals surface area (Å²) in [5, 5.41) is 0. The lowest BCUT2D eigenvalue weighted by Gasteiger charge is -2.19. The second-order valence-electron chi connectivity index (χ2n) is 3.52. The third-order valence-corrected chi connectivity index (χ3v) is 1.68. The van der Waals surface area contributed by atoms with Gasteiger partial charge in [0.05, 0.1) is 5.60 Å². The van der Waals surface area contributed by atoms with Crippen LogP contribution >= 0.6 is 0 Å². The monoisotopic (exact) mass is 159 g/mol. The van der Waals surface area contributed by atoms with Crippen molar-refractivity contribution in [2.45, 2.75) is 45.3 Å². The minimum Gasteiger partial charge on any atom is -0.376 e. The first-order valence-electron chi connectivity index (χ1n) is 3.99. The van der Waals surface area contributed by atoms with Gasteiger partial charge in [-0.15, -0.1) is 0 Å². The molecule has 1 nitrogen and oxygen atoms in total. The Morgan fingerprint density at radius 1 is 1.20 bits per heavy atom. The van der Waals surface area contributed by atoms with Crippen LogP contribution in [-0.2, 0) is 4.74 Å². The van der Waals surface area contributed by atoms with E-state index in [9.17, 15) is 0 Å². The van der Waals surface area contributed by atoms with Gasteiger partial charge in [0.15, 0.2) is 0 Å². The van der Waals surface area contributed by atoms with E-state index < -0.39 is 0 Å². The minimum atomic E-state index is 0.0516. The normalized spacial score (nSPS) is 12.0. The van der Waals surface area contributed by atoms with E-state index in [4.69, 9.17) is 4.74 Å². The molecule has 0 bridgehead atoms. The highest BCUT2D eigenvalue weighted by atomic mass is 28.1. The highest BCUT2D eigenvalue weighted by Crippen LogP contribution is 2.07. The molecule has 0 saturated carbocycles. The molecular formula is C8H19OSi. The average molecular weight is 159 g/mol. The number of hydrogen-bond acceptors (Lipinski definition) is 1. The van der Waals surface area contributed by atoms with E-state index >= 15 is 0 Å². The Morgan fingerprint density at radius 2 is 1.80 bits per heavy atom. The van der Waals surface area contributed by atoms with Crippen molar-refractivity contribution < 1.29 is 4.74 Å². The number of hydrogen-bond donors (Lipinski definition) is 0. The van der Waals surface area contributed by atoms with Crippen LogP contribution in [-0.4, -0.2) is 22.5 Å². The van der Waals surface area contributed by atoms with Gasteiger partial charge in [0.25, 0.3) is 0 Å². The van der Waals surface area contributed by atoms with Crippen LogP contribution in [0.15, 0.2) is 0 Å². The van der Waals surface area contributed by atoms with Crippen LogP contribution in [0.25, 0.3) is 0 Å². The zero-order valence-corrected chi connectivity index (χ0v) is 8.86. The summed E-state index contributed by atoms with van der Waals surface area (Å²) < 4.78 is 5.53. The second kappa shape index (κ2) is 4.91. The van der Waals surface area contributed by atoms with Crippen LogP contribution in [0, 0.1) is 0 Å². The van der Waals surface area contributed by atoms with Crippen molar-refractivity contribution in [3.05, 3.63) is 0 Å². The summed E-state index contributed by atoms with van der Waals surface area (Å²) in [4.78, 5) is 0. The molecule has 0 heterocycles. The first-order valence-corrected chi connectivity index (χ1v) is 4.99. The van der Waals surface area contributed by atoms with Crippen LogP contribution in [0.4, 0.5) is 0 Å². The van der Waals surface area contributed by atoms with Crippen molar-refractivity contribution >= 4 is 10.2 Å². The van der Waals surface area contributed by atoms with Gasteiger partial charge in [-0.25, -0.2) is 0 Å². The van der Waals surface area contributed by atoms with Gasteiger partial charge in [-0.3, -0.25) is 0 Å². The Bertz CT molecular complexity index is 75.8. The molecule has 0 spiro atoms. The lowest BCUT2D eigenvalue weighted by molar-refractivity contribution is -0.00414. The van der Waals surface area contributed by atoms with E-state index in [2.05, 4.69) is 20.8 Å². The Morgan fingerprint density at radius 3 is 2.20 bits per heavy atom. The van der Waals surface area contributed by atoms with Crippen LogP contribution in [0.3, 0.4) is 0 Å². The van der Waals surface area contributed by atoms with Gasteiger partial charge in [-0.2, -0.15) is 0 Å². The Kier molecular flexibility index (Phi) is 5.00. The lowest BCUT2D eigenvalue weighted by Crippen LogP contribution is -2.19. The van der Waals surface area contributed by atoms with Crippen molar-refractivity contribution in [3.63, 3.8) is 0 Å². The van der Waals surface area contributed by atoms with Crippen molar-refractivity contribution in [2.75, 3.05) is 6.61 Å². The van der Waals surface area contributed by atoms with Crippen molar-refractivity contribution in [1.29, 1.82) is 0 Å². The molecule has 0 aromatic rings. The fourth-order valence-corrected chi connectivity index (χ4v) is 1.01. The Hall–Kier alpha value is 0.177. The van der Waals surface area contributed by atoms with E-state index in [-0.39, 0.29) is 5.60 Å². The molecule has 0 aromatic heterocycles. The minimum absolute atomic E-state index is 0.0516. The number of unbranched alkanes of at least 4 members (excludes halogenated alkanes) is 1. The molecule has 0 atom stereocenters. The predicted octanol–water partition coefficient (Wildman–Crippen LogP) is 1.63. The van der Waals surface area contributed by atoms with Crippen LogP contribution in [0.1, 0.15) is 33.6 Å². The molecule has 0 rings (SSSR count). The zero-order chi connectivity index (χ0) is 8.04. The molecule has 2 heteroatoms. The smallest absolute Gasteiger partial charge is 0.0598 e. The molecule has 0 unspecified atom stereocenters. The van der Waals surface area contributed by atoms with Gasteiger partial charge in [-0.05, 0) is 27.2 Å². The fraction of sp³-hybridized carbons (Fsp3) is 1.00. The molecule has 0 aliphatic carbocycles. The average Bonchev–Trinajstić information content (AvgIpc) is 1.78. The maximum atomic E-state index is 5.53. The molecule has 0 N–H and O–H groups in total. The van der Waals surface area contributed by atoms with Gasteiger partial charge < -0.3 is 4.74 Å². The molecule has 0 aliphatic heterocycles. The number of rotatable bonds is 4. The van der Waals surface area contributed by atoms with E-state index in [0.717, 1.165) is 6.61 Å². The summed E-state index contributed by atoms with van der Waals surface area (Å²) in [6.07, 6.45) is 2.51. The molecule has 61 valence electrons. The topological polar surface area (TPSA) is 9.23 Å². The zero-order valence-electron chi connectivity index (χ0n) is 7.44. The van der Waals surface area contributed by atoms with Crippen LogP contribution in [0.5, 0.6) is 0 Å². The van der Waals surface area contributed by atoms with Crippen molar-refractivity contribution in [2.24, 2.45) is 0 Å². The summed E-state index contributed by atoms with van der Waals surface area (Å²) in [5.74, 6) is 0. The second-order valence-corrected chi connectivity index (χ2v) is 4.23. The molecular weight excluding hydrogens is 140 g/mol. The third kappa shape index (κ3) is 8.18. The molecule has 0 aromatic carbocycles. The summed E-state index contributed by atoms with van der Waals surface area (Å²) in [5.41, 5.74) is 0.0516. The quantitative estimate of drug-likeness (QED) is 0.447. The molecule has 0 saturated heterocycles. The fourth-order valence-electron chi connectivity index (χ4n) is 0.657. The molecule has 1 radical (unpaired) electrons. The van der Waals surface area contributed by atoms with Gasteiger partial charge in [0.1, 0.15) is 0 Å². The maximum Gasteiger partial charge on any atom is 0.0598 e. The van der Waals surface area contributed by atoms with E-state index in [0.29, 0.717) is 0 Å². The molecule has 10 heavy (non-hydrogen) atoms. The summed E-state index contributed by atoms with van der Waals surface area (Å²) >= 11 is 0. The van der Waals surface area contributed by atoms with Gasteiger partial charge in [-0.1, -0.05) is 12.5 Å². The molecule has 0 amide bonds. The SMILES string of the molecule is CC(C)(C)OCCCC[SiH2]. The maximum absolute atomic E-state index is 5.53. The van der Waals surface area contributed by atoms with Crippen LogP contribution in [0.2, 0.25) is 6.04 Å². The third-order valence-electron chi connectivity index (χ3n) is 1.18. The molecule has 0 aliphatic rings. The van der Waals surface area contributed by atoms with E-state index in [1.807, 2.05) is 10.2 Å². The first-order chi connectivity index (χ1) is 4.56. The Balaban J connectivity index is 3.04. The summed E-state index contributed by atoms with van der Waals surface area (Å²) in [6.45, 7) is 7.21. The van der Waals surface area contributed by atoms with E-state index in [1.165, 1.54) is 18.9 Å². The largest absolute Gasteiger partial charge is 0.376 e. The van der Waals surface area contributed by atoms with Crippen molar-refractivity contribution in [1.82, 2.24) is 0 Å². The Labute approximate surface area is 67.6 Å². The summed E-state index contributed by atoms with van der Waals surface area (Å²) in [7, 11) is 2.03. The van der Waals surface area contributed by atoms with Crippen LogP contribution < -0.4 is 0 Å². The summed E-state index contributed by atoms with van der Waals surface area (Å²) in [6, 6.07) is 1.30. The van der Waals surface area contributed by atoms with E-state index in [1.54, 1.807) is 0 Å². The van der Waals surface area contributed by atoms with Gasteiger partial charge >= 0.3 is 0 Å². The highest BCUT2D eigenvalue weighted by Gasteiger charge is 2.08. The van der Waals surface area contributed by atoms with Crippen molar-refractivity contribution in [3.8, 4) is 0 Å². The molecule has 0 fully saturated rings. The standard InChI is InChI=1S/C8H19OSi/c1-8(2,3)9-6-4-5-7-10/h4-7,10H2,1-3H3. The first kappa shape index (κ1) is 10.2. The van der Waals surface area contributed by atoms with Gasteiger partial charge in [0, 0.05) is 16.8 Å².